The Bertz CT molecular complexity index is 331. The molecule has 4 heteroatoms. The zero-order valence-corrected chi connectivity index (χ0v) is 11.5. The summed E-state index contributed by atoms with van der Waals surface area (Å²) in [6, 6.07) is 6.43. The van der Waals surface area contributed by atoms with Crippen molar-refractivity contribution < 1.29 is 9.47 Å². The van der Waals surface area contributed by atoms with Crippen molar-refractivity contribution in [2.45, 2.75) is 19.5 Å². The van der Waals surface area contributed by atoms with Gasteiger partial charge in [0.25, 0.3) is 0 Å². The summed E-state index contributed by atoms with van der Waals surface area (Å²) in [5, 5.41) is 3.38. The van der Waals surface area contributed by atoms with Crippen molar-refractivity contribution in [2.24, 2.45) is 0 Å². The molecule has 0 unspecified atom stereocenters. The van der Waals surface area contributed by atoms with E-state index in [1.165, 1.54) is 5.56 Å². The van der Waals surface area contributed by atoms with E-state index in [1.54, 1.807) is 14.2 Å². The maximum absolute atomic E-state index is 5.18. The van der Waals surface area contributed by atoms with Crippen molar-refractivity contribution in [1.29, 1.82) is 0 Å². The highest BCUT2D eigenvalue weighted by atomic mass is 79.9. The highest BCUT2D eigenvalue weighted by molar-refractivity contribution is 9.10. The number of rotatable bonds is 6. The Morgan fingerprint density at radius 2 is 2.12 bits per heavy atom. The maximum atomic E-state index is 5.18. The van der Waals surface area contributed by atoms with E-state index in [0.29, 0.717) is 6.04 Å². The summed E-state index contributed by atoms with van der Waals surface area (Å²) in [4.78, 5) is 0. The molecule has 0 aliphatic heterocycles. The van der Waals surface area contributed by atoms with Crippen molar-refractivity contribution in [2.75, 3.05) is 20.8 Å². The molecule has 0 aromatic heterocycles. The van der Waals surface area contributed by atoms with Crippen molar-refractivity contribution in [3.8, 4) is 5.75 Å². The molecular formula is C12H18BrNO2. The molecule has 0 aliphatic rings. The monoisotopic (exact) mass is 287 g/mol. The van der Waals surface area contributed by atoms with Gasteiger partial charge in [0, 0.05) is 19.7 Å². The molecule has 3 nitrogen and oxygen atoms in total. The predicted octanol–water partition coefficient (Wildman–Crippen LogP) is 2.58. The number of hydrogen-bond acceptors (Lipinski definition) is 3. The average Bonchev–Trinajstić information content (AvgIpc) is 2.27. The van der Waals surface area contributed by atoms with E-state index in [1.807, 2.05) is 6.07 Å². The fourth-order valence-electron chi connectivity index (χ4n) is 1.42. The fraction of sp³-hybridized carbons (Fsp3) is 0.500. The third kappa shape index (κ3) is 4.12. The van der Waals surface area contributed by atoms with Crippen LogP contribution in [-0.4, -0.2) is 26.9 Å². The Morgan fingerprint density at radius 3 is 2.69 bits per heavy atom. The molecule has 0 aliphatic carbocycles. The smallest absolute Gasteiger partial charge is 0.133 e. The second-order valence-corrected chi connectivity index (χ2v) is 4.56. The predicted molar refractivity (Wildman–Crippen MR) is 68.9 cm³/mol. The van der Waals surface area contributed by atoms with Crippen LogP contribution in [0.3, 0.4) is 0 Å². The number of benzene rings is 1. The van der Waals surface area contributed by atoms with Crippen LogP contribution in [0.25, 0.3) is 0 Å². The van der Waals surface area contributed by atoms with E-state index in [2.05, 4.69) is 40.3 Å². The number of ether oxygens (including phenoxy) is 2. The minimum absolute atomic E-state index is 0.353. The highest BCUT2D eigenvalue weighted by Gasteiger charge is 2.03. The normalized spacial score (nSPS) is 12.5. The zero-order valence-electron chi connectivity index (χ0n) is 9.92. The number of nitrogens with one attached hydrogen (secondary N) is 1. The molecule has 1 N–H and O–H groups in total. The lowest BCUT2D eigenvalue weighted by molar-refractivity contribution is 0.171. The van der Waals surface area contributed by atoms with E-state index < -0.39 is 0 Å². The lowest BCUT2D eigenvalue weighted by atomic mass is 10.2. The first-order chi connectivity index (χ1) is 7.67. The van der Waals surface area contributed by atoms with Crippen LogP contribution in [0.2, 0.25) is 0 Å². The molecular weight excluding hydrogens is 270 g/mol. The highest BCUT2D eigenvalue weighted by Crippen LogP contribution is 2.25. The Balaban J connectivity index is 2.51. The van der Waals surface area contributed by atoms with Crippen LogP contribution < -0.4 is 10.1 Å². The van der Waals surface area contributed by atoms with E-state index in [-0.39, 0.29) is 0 Å². The van der Waals surface area contributed by atoms with Gasteiger partial charge in [-0.15, -0.1) is 0 Å². The Hall–Kier alpha value is -0.580. The molecule has 0 spiro atoms. The van der Waals surface area contributed by atoms with E-state index in [9.17, 15) is 0 Å². The fourth-order valence-corrected chi connectivity index (χ4v) is 2.01. The standard InChI is InChI=1S/C12H18BrNO2/c1-9(8-15-2)14-7-10-4-5-12(16-3)11(13)6-10/h4-6,9,14H,7-8H2,1-3H3/t9-/m0/s1. The summed E-state index contributed by atoms with van der Waals surface area (Å²) < 4.78 is 11.2. The minimum Gasteiger partial charge on any atom is -0.496 e. The van der Waals surface area contributed by atoms with Gasteiger partial charge >= 0.3 is 0 Å². The van der Waals surface area contributed by atoms with Crippen LogP contribution in [0, 0.1) is 0 Å². The van der Waals surface area contributed by atoms with Gasteiger partial charge in [0.1, 0.15) is 5.75 Å². The summed E-state index contributed by atoms with van der Waals surface area (Å²) >= 11 is 3.47. The second-order valence-electron chi connectivity index (χ2n) is 3.71. The maximum Gasteiger partial charge on any atom is 0.133 e. The quantitative estimate of drug-likeness (QED) is 0.872. The van der Waals surface area contributed by atoms with Gasteiger partial charge in [-0.05, 0) is 40.5 Å². The van der Waals surface area contributed by atoms with Crippen molar-refractivity contribution in [3.05, 3.63) is 28.2 Å². The Labute approximate surface area is 105 Å². The summed E-state index contributed by atoms with van der Waals surface area (Å²) in [7, 11) is 3.38. The third-order valence-electron chi connectivity index (χ3n) is 2.29. The summed E-state index contributed by atoms with van der Waals surface area (Å²) in [5.74, 6) is 0.855. The molecule has 0 amide bonds. The molecule has 1 rings (SSSR count). The first-order valence-electron chi connectivity index (χ1n) is 5.22. The van der Waals surface area contributed by atoms with Crippen LogP contribution in [0.15, 0.2) is 22.7 Å². The van der Waals surface area contributed by atoms with Gasteiger partial charge in [-0.2, -0.15) is 0 Å². The number of methoxy groups -OCH3 is 2. The molecule has 90 valence electrons. The SMILES string of the molecule is COC[C@H](C)NCc1ccc(OC)c(Br)c1. The molecule has 0 bridgehead atoms. The van der Waals surface area contributed by atoms with Gasteiger partial charge in [-0.25, -0.2) is 0 Å². The molecule has 0 heterocycles. The molecule has 16 heavy (non-hydrogen) atoms. The molecule has 0 saturated carbocycles. The van der Waals surface area contributed by atoms with E-state index in [4.69, 9.17) is 9.47 Å². The number of halogens is 1. The van der Waals surface area contributed by atoms with Crippen molar-refractivity contribution in [1.82, 2.24) is 5.32 Å². The topological polar surface area (TPSA) is 30.5 Å². The van der Waals surface area contributed by atoms with Gasteiger partial charge in [-0.3, -0.25) is 0 Å². The zero-order chi connectivity index (χ0) is 12.0. The second kappa shape index (κ2) is 6.89. The van der Waals surface area contributed by atoms with Gasteiger partial charge in [-0.1, -0.05) is 6.07 Å². The van der Waals surface area contributed by atoms with Crippen molar-refractivity contribution >= 4 is 15.9 Å². The summed E-state index contributed by atoms with van der Waals surface area (Å²) in [6.45, 7) is 3.65. The summed E-state index contributed by atoms with van der Waals surface area (Å²) in [6.07, 6.45) is 0. The number of hydrogen-bond donors (Lipinski definition) is 1. The van der Waals surface area contributed by atoms with Crippen LogP contribution in [-0.2, 0) is 11.3 Å². The van der Waals surface area contributed by atoms with Crippen LogP contribution in [0.5, 0.6) is 5.75 Å². The molecule has 0 fully saturated rings. The van der Waals surface area contributed by atoms with Crippen LogP contribution in [0.1, 0.15) is 12.5 Å². The average molecular weight is 288 g/mol. The van der Waals surface area contributed by atoms with Crippen LogP contribution >= 0.6 is 15.9 Å². The van der Waals surface area contributed by atoms with Gasteiger partial charge in [0.2, 0.25) is 0 Å². The molecule has 0 saturated heterocycles. The molecule has 1 aromatic rings. The van der Waals surface area contributed by atoms with E-state index >= 15 is 0 Å². The minimum atomic E-state index is 0.353. The Kier molecular flexibility index (Phi) is 5.80. The lowest BCUT2D eigenvalue weighted by Crippen LogP contribution is -2.29. The first-order valence-corrected chi connectivity index (χ1v) is 6.01. The van der Waals surface area contributed by atoms with Gasteiger partial charge in [0.15, 0.2) is 0 Å². The molecule has 0 radical (unpaired) electrons. The third-order valence-corrected chi connectivity index (χ3v) is 2.91. The van der Waals surface area contributed by atoms with Crippen LogP contribution in [0.4, 0.5) is 0 Å². The molecule has 1 atom stereocenters. The van der Waals surface area contributed by atoms with Gasteiger partial charge < -0.3 is 14.8 Å². The van der Waals surface area contributed by atoms with Crippen molar-refractivity contribution in [3.63, 3.8) is 0 Å². The summed E-state index contributed by atoms with van der Waals surface area (Å²) in [5.41, 5.74) is 1.22. The van der Waals surface area contributed by atoms with Gasteiger partial charge in [0.05, 0.1) is 18.2 Å². The first kappa shape index (κ1) is 13.5. The Morgan fingerprint density at radius 1 is 1.38 bits per heavy atom. The molecule has 1 aromatic carbocycles. The lowest BCUT2D eigenvalue weighted by Gasteiger charge is -2.13. The largest absolute Gasteiger partial charge is 0.496 e. The van der Waals surface area contributed by atoms with E-state index in [0.717, 1.165) is 23.4 Å².